The molecular weight excluding hydrogens is 322 g/mol. The molecule has 1 saturated carbocycles. The van der Waals surface area contributed by atoms with E-state index in [0.717, 1.165) is 55.4 Å². The van der Waals surface area contributed by atoms with Crippen LogP contribution >= 0.6 is 0 Å². The summed E-state index contributed by atoms with van der Waals surface area (Å²) in [6.45, 7) is 9.09. The number of hydrogen-bond acceptors (Lipinski definition) is 3. The molecule has 1 aromatic carbocycles. The first-order valence-electron chi connectivity index (χ1n) is 10.2. The maximum Gasteiger partial charge on any atom is 0.153 e. The van der Waals surface area contributed by atoms with E-state index in [0.29, 0.717) is 5.92 Å². The van der Waals surface area contributed by atoms with Gasteiger partial charge in [0.1, 0.15) is 5.75 Å². The summed E-state index contributed by atoms with van der Waals surface area (Å²) in [5, 5.41) is 0. The number of likely N-dealkylation sites (tertiary alicyclic amines) is 1. The van der Waals surface area contributed by atoms with Crippen molar-refractivity contribution in [2.45, 2.75) is 51.7 Å². The van der Waals surface area contributed by atoms with Crippen LogP contribution in [0.25, 0.3) is 11.3 Å². The topological polar surface area (TPSA) is 30.3 Å². The number of nitrogens with zero attached hydrogens (tertiary/aromatic N) is 3. The van der Waals surface area contributed by atoms with E-state index in [-0.39, 0.29) is 5.60 Å². The van der Waals surface area contributed by atoms with Gasteiger partial charge in [0, 0.05) is 44.6 Å². The Bertz CT molecular complexity index is 797. The highest BCUT2D eigenvalue weighted by atomic mass is 16.5. The highest BCUT2D eigenvalue weighted by molar-refractivity contribution is 5.72. The molecule has 5 rings (SSSR count). The van der Waals surface area contributed by atoms with Crippen LogP contribution < -0.4 is 4.74 Å². The molecule has 1 spiro atoms. The Kier molecular flexibility index (Phi) is 3.85. The maximum absolute atomic E-state index is 6.75. The quantitative estimate of drug-likeness (QED) is 0.823. The Morgan fingerprint density at radius 2 is 1.96 bits per heavy atom. The van der Waals surface area contributed by atoms with E-state index >= 15 is 0 Å². The summed E-state index contributed by atoms with van der Waals surface area (Å²) in [5.74, 6) is 2.56. The number of ether oxygens (including phenoxy) is 1. The molecule has 1 aliphatic carbocycles. The van der Waals surface area contributed by atoms with Crippen molar-refractivity contribution < 1.29 is 4.74 Å². The minimum Gasteiger partial charge on any atom is -0.480 e. The molecule has 4 heteroatoms. The molecule has 1 aromatic heterocycles. The van der Waals surface area contributed by atoms with Gasteiger partial charge in [-0.15, -0.1) is 0 Å². The zero-order valence-electron chi connectivity index (χ0n) is 15.9. The Balaban J connectivity index is 1.52. The summed E-state index contributed by atoms with van der Waals surface area (Å²) in [4.78, 5) is 7.50. The number of rotatable bonds is 4. The van der Waals surface area contributed by atoms with Gasteiger partial charge in [-0.25, -0.2) is 4.98 Å². The van der Waals surface area contributed by atoms with Crippen molar-refractivity contribution in [2.75, 3.05) is 19.6 Å². The van der Waals surface area contributed by atoms with Crippen molar-refractivity contribution in [3.05, 3.63) is 36.3 Å². The van der Waals surface area contributed by atoms with Gasteiger partial charge in [-0.1, -0.05) is 26.0 Å². The van der Waals surface area contributed by atoms with E-state index in [2.05, 4.69) is 47.6 Å². The average Bonchev–Trinajstić information content (AvgIpc) is 3.35. The number of para-hydroxylation sites is 1. The molecule has 2 fully saturated rings. The smallest absolute Gasteiger partial charge is 0.153 e. The van der Waals surface area contributed by atoms with Gasteiger partial charge in [-0.2, -0.15) is 0 Å². The van der Waals surface area contributed by atoms with Crippen LogP contribution in [-0.2, 0) is 12.1 Å². The summed E-state index contributed by atoms with van der Waals surface area (Å²) in [5.41, 5.74) is 3.39. The van der Waals surface area contributed by atoms with Crippen LogP contribution in [0.2, 0.25) is 0 Å². The molecule has 0 radical (unpaired) electrons. The molecule has 2 aromatic rings. The number of aromatic nitrogens is 2. The molecular formula is C22H29N3O. The zero-order chi connectivity index (χ0) is 17.7. The summed E-state index contributed by atoms with van der Waals surface area (Å²) in [7, 11) is 0. The molecule has 4 nitrogen and oxygen atoms in total. The van der Waals surface area contributed by atoms with Crippen LogP contribution in [0.5, 0.6) is 5.75 Å². The van der Waals surface area contributed by atoms with Gasteiger partial charge < -0.3 is 14.2 Å². The molecule has 138 valence electrons. The molecule has 2 aliphatic heterocycles. The van der Waals surface area contributed by atoms with Gasteiger partial charge in [-0.3, -0.25) is 0 Å². The van der Waals surface area contributed by atoms with E-state index in [1.807, 2.05) is 6.33 Å². The van der Waals surface area contributed by atoms with E-state index in [9.17, 15) is 0 Å². The first-order chi connectivity index (χ1) is 12.6. The number of imidazole rings is 1. The summed E-state index contributed by atoms with van der Waals surface area (Å²) in [6, 6.07) is 8.42. The van der Waals surface area contributed by atoms with Crippen LogP contribution in [0.1, 0.15) is 45.2 Å². The van der Waals surface area contributed by atoms with Gasteiger partial charge in [0.25, 0.3) is 0 Å². The lowest BCUT2D eigenvalue weighted by Gasteiger charge is -2.45. The summed E-state index contributed by atoms with van der Waals surface area (Å²) >= 11 is 0. The van der Waals surface area contributed by atoms with Gasteiger partial charge in [0.15, 0.2) is 5.60 Å². The number of piperidine rings is 1. The fourth-order valence-corrected chi connectivity index (χ4v) is 4.70. The normalized spacial score (nSPS) is 21.5. The van der Waals surface area contributed by atoms with Crippen LogP contribution in [0.3, 0.4) is 0 Å². The van der Waals surface area contributed by atoms with Crippen LogP contribution in [0.15, 0.2) is 30.6 Å². The largest absolute Gasteiger partial charge is 0.480 e. The Labute approximate surface area is 156 Å². The van der Waals surface area contributed by atoms with Gasteiger partial charge in [-0.05, 0) is 36.8 Å². The van der Waals surface area contributed by atoms with Crippen molar-refractivity contribution in [1.82, 2.24) is 14.5 Å². The fourth-order valence-electron chi connectivity index (χ4n) is 4.70. The minimum absolute atomic E-state index is 0.213. The van der Waals surface area contributed by atoms with Gasteiger partial charge in [0.2, 0.25) is 0 Å². The molecule has 26 heavy (non-hydrogen) atoms. The first-order valence-corrected chi connectivity index (χ1v) is 10.2. The van der Waals surface area contributed by atoms with Crippen molar-refractivity contribution in [1.29, 1.82) is 0 Å². The van der Waals surface area contributed by atoms with Crippen molar-refractivity contribution in [3.63, 3.8) is 0 Å². The lowest BCUT2D eigenvalue weighted by Crippen LogP contribution is -2.48. The molecule has 1 saturated heterocycles. The molecule has 3 heterocycles. The second-order valence-electron chi connectivity index (χ2n) is 8.82. The Morgan fingerprint density at radius 1 is 1.19 bits per heavy atom. The predicted octanol–water partition coefficient (Wildman–Crippen LogP) is 4.30. The lowest BCUT2D eigenvalue weighted by molar-refractivity contribution is -0.0122. The van der Waals surface area contributed by atoms with Crippen LogP contribution in [0.4, 0.5) is 0 Å². The third-order valence-electron chi connectivity index (χ3n) is 6.16. The first kappa shape index (κ1) is 16.4. The van der Waals surface area contributed by atoms with Crippen molar-refractivity contribution in [2.24, 2.45) is 11.8 Å². The third-order valence-corrected chi connectivity index (χ3v) is 6.16. The lowest BCUT2D eigenvalue weighted by atomic mass is 9.83. The number of benzene rings is 1. The third kappa shape index (κ3) is 2.75. The second kappa shape index (κ2) is 6.12. The predicted molar refractivity (Wildman–Crippen MR) is 103 cm³/mol. The molecule has 0 unspecified atom stereocenters. The number of fused-ring (bicyclic) bond motifs is 4. The van der Waals surface area contributed by atoms with Crippen molar-refractivity contribution >= 4 is 0 Å². The SMILES string of the molecule is CC(C)Cn1cnc2c1C1(CCN(CC3CC3)CC1)Oc1ccccc1-2. The van der Waals surface area contributed by atoms with Crippen LogP contribution in [0, 0.1) is 11.8 Å². The fraction of sp³-hybridized carbons (Fsp3) is 0.591. The van der Waals surface area contributed by atoms with Gasteiger partial charge in [0.05, 0.1) is 17.7 Å². The molecule has 0 bridgehead atoms. The summed E-state index contributed by atoms with van der Waals surface area (Å²) in [6.07, 6.45) is 7.01. The van der Waals surface area contributed by atoms with Crippen molar-refractivity contribution in [3.8, 4) is 17.0 Å². The van der Waals surface area contributed by atoms with E-state index in [1.54, 1.807) is 0 Å². The zero-order valence-corrected chi connectivity index (χ0v) is 15.9. The molecule has 0 atom stereocenters. The molecule has 0 amide bonds. The number of hydrogen-bond donors (Lipinski definition) is 0. The van der Waals surface area contributed by atoms with Gasteiger partial charge >= 0.3 is 0 Å². The molecule has 3 aliphatic rings. The Hall–Kier alpha value is -1.81. The average molecular weight is 351 g/mol. The molecule has 0 N–H and O–H groups in total. The minimum atomic E-state index is -0.213. The van der Waals surface area contributed by atoms with E-state index in [1.165, 1.54) is 25.1 Å². The highest BCUT2D eigenvalue weighted by Gasteiger charge is 2.46. The maximum atomic E-state index is 6.75. The summed E-state index contributed by atoms with van der Waals surface area (Å²) < 4.78 is 9.12. The highest BCUT2D eigenvalue weighted by Crippen LogP contribution is 2.49. The van der Waals surface area contributed by atoms with E-state index in [4.69, 9.17) is 9.72 Å². The Morgan fingerprint density at radius 3 is 2.69 bits per heavy atom. The van der Waals surface area contributed by atoms with E-state index < -0.39 is 0 Å². The second-order valence-corrected chi connectivity index (χ2v) is 8.82. The van der Waals surface area contributed by atoms with Crippen LogP contribution in [-0.4, -0.2) is 34.1 Å². The standard InChI is InChI=1S/C22H29N3O/c1-16(2)13-25-15-23-20-18-5-3-4-6-19(18)26-22(21(20)25)9-11-24(12-10-22)14-17-7-8-17/h3-6,15-17H,7-14H2,1-2H3. The monoisotopic (exact) mass is 351 g/mol.